The number of anilines is 1. The highest BCUT2D eigenvalue weighted by molar-refractivity contribution is 5.82. The van der Waals surface area contributed by atoms with E-state index in [9.17, 15) is 14.9 Å². The second-order valence-electron chi connectivity index (χ2n) is 10.5. The van der Waals surface area contributed by atoms with Crippen molar-refractivity contribution in [3.8, 4) is 6.07 Å². The number of nitrogens with zero attached hydrogens (tertiary/aromatic N) is 2. The van der Waals surface area contributed by atoms with Gasteiger partial charge in [0.25, 0.3) is 0 Å². The summed E-state index contributed by atoms with van der Waals surface area (Å²) in [6.45, 7) is 6.48. The molecule has 0 aromatic heterocycles. The van der Waals surface area contributed by atoms with Crippen molar-refractivity contribution < 1.29 is 14.3 Å². The van der Waals surface area contributed by atoms with E-state index in [-0.39, 0.29) is 36.0 Å². The van der Waals surface area contributed by atoms with Crippen LogP contribution in [0.5, 0.6) is 0 Å². The second kappa shape index (κ2) is 10.2. The molecular weight excluding hydrogens is 432 g/mol. The number of nitriles is 1. The van der Waals surface area contributed by atoms with Gasteiger partial charge in [-0.1, -0.05) is 25.0 Å². The molecule has 2 heterocycles. The predicted octanol–water partition coefficient (Wildman–Crippen LogP) is 2.86. The first kappa shape index (κ1) is 24.3. The maximum Gasteiger partial charge on any atom is 0.407 e. The summed E-state index contributed by atoms with van der Waals surface area (Å²) in [7, 11) is 0. The van der Waals surface area contributed by atoms with Crippen LogP contribution in [0, 0.1) is 23.2 Å². The number of nitrogens with one attached hydrogen (secondary N) is 4. The molecule has 2 aliphatic heterocycles. The van der Waals surface area contributed by atoms with Crippen LogP contribution in [0.1, 0.15) is 58.4 Å². The molecule has 0 radical (unpaired) electrons. The molecule has 0 spiro atoms. The SMILES string of the molecule is CC(C)(C)OC(=O)NCc1cccc(NC2NN([C@H]3CCCC[C@@H]3C#N)C3CCNC(=O)C23)c1. The maximum absolute atomic E-state index is 12.9. The normalized spacial score (nSPS) is 29.5. The largest absolute Gasteiger partial charge is 0.444 e. The van der Waals surface area contributed by atoms with Crippen LogP contribution in [0.15, 0.2) is 24.3 Å². The molecule has 1 aromatic carbocycles. The Labute approximate surface area is 201 Å². The molecule has 3 fully saturated rings. The smallest absolute Gasteiger partial charge is 0.407 e. The van der Waals surface area contributed by atoms with Crippen molar-refractivity contribution in [2.75, 3.05) is 11.9 Å². The lowest BCUT2D eigenvalue weighted by Gasteiger charge is -2.39. The van der Waals surface area contributed by atoms with Crippen molar-refractivity contribution in [3.63, 3.8) is 0 Å². The molecule has 4 N–H and O–H groups in total. The number of carbonyl (C=O) groups excluding carboxylic acids is 2. The van der Waals surface area contributed by atoms with Gasteiger partial charge in [0.1, 0.15) is 11.8 Å². The average molecular weight is 469 g/mol. The predicted molar refractivity (Wildman–Crippen MR) is 128 cm³/mol. The highest BCUT2D eigenvalue weighted by atomic mass is 16.6. The van der Waals surface area contributed by atoms with E-state index >= 15 is 0 Å². The molecule has 2 saturated heterocycles. The van der Waals surface area contributed by atoms with E-state index < -0.39 is 11.7 Å². The Morgan fingerprint density at radius 3 is 2.79 bits per heavy atom. The van der Waals surface area contributed by atoms with E-state index in [0.29, 0.717) is 13.1 Å². The zero-order valence-corrected chi connectivity index (χ0v) is 20.3. The van der Waals surface area contributed by atoms with Crippen LogP contribution in [0.25, 0.3) is 0 Å². The molecule has 9 nitrogen and oxygen atoms in total. The van der Waals surface area contributed by atoms with Crippen LogP contribution in [-0.2, 0) is 16.1 Å². The first-order valence-electron chi connectivity index (χ1n) is 12.3. The molecule has 4 rings (SSSR count). The monoisotopic (exact) mass is 468 g/mol. The number of hydrazine groups is 1. The van der Waals surface area contributed by atoms with Crippen LogP contribution in [0.3, 0.4) is 0 Å². The molecule has 1 aliphatic carbocycles. The van der Waals surface area contributed by atoms with Gasteiger partial charge in [0.2, 0.25) is 5.91 Å². The lowest BCUT2D eigenvalue weighted by atomic mass is 9.83. The number of alkyl carbamates (subject to hydrolysis) is 1. The lowest BCUT2D eigenvalue weighted by molar-refractivity contribution is -0.128. The summed E-state index contributed by atoms with van der Waals surface area (Å²) in [5.74, 6) is -0.234. The minimum Gasteiger partial charge on any atom is -0.444 e. The van der Waals surface area contributed by atoms with Gasteiger partial charge in [-0.3, -0.25) is 4.79 Å². The molecule has 1 saturated carbocycles. The van der Waals surface area contributed by atoms with Crippen molar-refractivity contribution >= 4 is 17.7 Å². The van der Waals surface area contributed by atoms with Gasteiger partial charge in [-0.2, -0.15) is 5.26 Å². The Bertz CT molecular complexity index is 939. The van der Waals surface area contributed by atoms with Crippen molar-refractivity contribution in [2.45, 2.75) is 83.3 Å². The summed E-state index contributed by atoms with van der Waals surface area (Å²) in [5, 5.41) is 21.2. The summed E-state index contributed by atoms with van der Waals surface area (Å²) in [6, 6.07) is 10.5. The molecule has 34 heavy (non-hydrogen) atoms. The van der Waals surface area contributed by atoms with Crippen LogP contribution >= 0.6 is 0 Å². The summed E-state index contributed by atoms with van der Waals surface area (Å²) in [6.07, 6.45) is 4.19. The molecule has 9 heteroatoms. The number of piperidine rings is 1. The van der Waals surface area contributed by atoms with Crippen LogP contribution in [0.4, 0.5) is 10.5 Å². The highest BCUT2D eigenvalue weighted by Gasteiger charge is 2.51. The Morgan fingerprint density at radius 2 is 2.03 bits per heavy atom. The van der Waals surface area contributed by atoms with Gasteiger partial charge < -0.3 is 20.7 Å². The number of amides is 2. The molecule has 1 aromatic rings. The number of hydrogen-bond acceptors (Lipinski definition) is 7. The van der Waals surface area contributed by atoms with Gasteiger partial charge >= 0.3 is 6.09 Å². The number of hydrogen-bond donors (Lipinski definition) is 4. The van der Waals surface area contributed by atoms with Gasteiger partial charge in [-0.25, -0.2) is 15.2 Å². The topological polar surface area (TPSA) is 119 Å². The summed E-state index contributed by atoms with van der Waals surface area (Å²) < 4.78 is 5.31. The molecular formula is C25H36N6O3. The molecule has 2 amide bonds. The van der Waals surface area contributed by atoms with Crippen molar-refractivity contribution in [1.82, 2.24) is 21.1 Å². The van der Waals surface area contributed by atoms with E-state index in [0.717, 1.165) is 43.4 Å². The van der Waals surface area contributed by atoms with Gasteiger partial charge in [-0.15, -0.1) is 0 Å². The lowest BCUT2D eigenvalue weighted by Crippen LogP contribution is -2.54. The fourth-order valence-corrected chi connectivity index (χ4v) is 5.34. The zero-order chi connectivity index (χ0) is 24.3. The van der Waals surface area contributed by atoms with Crippen LogP contribution in [-0.4, -0.2) is 47.4 Å². The minimum absolute atomic E-state index is 0.0205. The Kier molecular flexibility index (Phi) is 7.29. The van der Waals surface area contributed by atoms with Crippen molar-refractivity contribution in [1.29, 1.82) is 5.26 Å². The van der Waals surface area contributed by atoms with E-state index in [1.54, 1.807) is 0 Å². The number of benzene rings is 1. The zero-order valence-electron chi connectivity index (χ0n) is 20.3. The highest BCUT2D eigenvalue weighted by Crippen LogP contribution is 2.36. The Morgan fingerprint density at radius 1 is 1.24 bits per heavy atom. The molecule has 0 bridgehead atoms. The number of fused-ring (bicyclic) bond motifs is 1. The van der Waals surface area contributed by atoms with E-state index in [1.807, 2.05) is 45.0 Å². The number of rotatable bonds is 5. The van der Waals surface area contributed by atoms with Gasteiger partial charge in [0.05, 0.1) is 17.9 Å². The molecule has 5 atom stereocenters. The van der Waals surface area contributed by atoms with Crippen molar-refractivity contribution in [2.24, 2.45) is 11.8 Å². The van der Waals surface area contributed by atoms with Crippen molar-refractivity contribution in [3.05, 3.63) is 29.8 Å². The summed E-state index contributed by atoms with van der Waals surface area (Å²) in [5.41, 5.74) is 4.80. The fraction of sp³-hybridized carbons (Fsp3) is 0.640. The van der Waals surface area contributed by atoms with E-state index in [2.05, 4.69) is 32.5 Å². The average Bonchev–Trinajstić information content (AvgIpc) is 3.16. The molecule has 3 aliphatic rings. The van der Waals surface area contributed by atoms with Crippen LogP contribution < -0.4 is 21.4 Å². The quantitative estimate of drug-likeness (QED) is 0.525. The standard InChI is InChI=1S/C25H36N6O3/c1-25(2,3)34-24(33)28-15-16-7-6-9-18(13-16)29-22-21-20(11-12-27-23(21)32)31(30-22)19-10-5-4-8-17(19)14-26/h6-7,9,13,17,19-22,29-30H,4-5,8,10-12,15H2,1-3H3,(H,27,32)(H,28,33)/t17-,19+,20?,21?,22?/m1/s1. The van der Waals surface area contributed by atoms with Gasteiger partial charge in [0.15, 0.2) is 0 Å². The first-order chi connectivity index (χ1) is 16.2. The number of carbonyl (C=O) groups is 2. The summed E-state index contributed by atoms with van der Waals surface area (Å²) in [4.78, 5) is 24.9. The third kappa shape index (κ3) is 5.62. The van der Waals surface area contributed by atoms with Gasteiger partial charge in [0, 0.05) is 30.9 Å². The fourth-order valence-electron chi connectivity index (χ4n) is 5.34. The number of ether oxygens (including phenoxy) is 1. The third-order valence-electron chi connectivity index (χ3n) is 6.80. The Hall–Kier alpha value is -2.83. The maximum atomic E-state index is 12.9. The third-order valence-corrected chi connectivity index (χ3v) is 6.80. The van der Waals surface area contributed by atoms with E-state index in [1.165, 1.54) is 0 Å². The van der Waals surface area contributed by atoms with E-state index in [4.69, 9.17) is 4.74 Å². The Balaban J connectivity index is 1.45. The minimum atomic E-state index is -0.548. The molecule has 3 unspecified atom stereocenters. The van der Waals surface area contributed by atoms with Crippen LogP contribution in [0.2, 0.25) is 0 Å². The van der Waals surface area contributed by atoms with Gasteiger partial charge in [-0.05, 0) is 57.7 Å². The second-order valence-corrected chi connectivity index (χ2v) is 10.5. The molecule has 184 valence electrons. The first-order valence-corrected chi connectivity index (χ1v) is 12.3. The summed E-state index contributed by atoms with van der Waals surface area (Å²) >= 11 is 0.